The monoisotopic (exact) mass is 281 g/mol. The van der Waals surface area contributed by atoms with Gasteiger partial charge < -0.3 is 10.4 Å². The molecule has 2 N–H and O–H groups in total. The molecule has 0 saturated carbocycles. The zero-order chi connectivity index (χ0) is 14.1. The van der Waals surface area contributed by atoms with Gasteiger partial charge >= 0.3 is 5.97 Å². The molecular weight excluding hydrogens is 262 g/mol. The van der Waals surface area contributed by atoms with E-state index in [1.165, 1.54) is 17.3 Å². The Morgan fingerprint density at radius 1 is 1.26 bits per heavy atom. The molecule has 0 unspecified atom stereocenters. The highest BCUT2D eigenvalue weighted by Crippen LogP contribution is 2.06. The second kappa shape index (κ2) is 8.58. The maximum atomic E-state index is 11.8. The molecule has 0 heterocycles. The molecule has 1 amide bonds. The summed E-state index contributed by atoms with van der Waals surface area (Å²) in [5, 5.41) is 11.2. The van der Waals surface area contributed by atoms with Crippen molar-refractivity contribution in [2.75, 3.05) is 18.1 Å². The molecule has 19 heavy (non-hydrogen) atoms. The number of thioether (sulfide) groups is 1. The van der Waals surface area contributed by atoms with Gasteiger partial charge in [0.15, 0.2) is 0 Å². The van der Waals surface area contributed by atoms with Crippen LogP contribution >= 0.6 is 11.8 Å². The molecule has 0 saturated heterocycles. The van der Waals surface area contributed by atoms with E-state index in [9.17, 15) is 9.59 Å². The Balaban J connectivity index is 2.30. The molecular formula is C14H19NO3S. The Labute approximate surface area is 117 Å². The molecule has 0 atom stereocenters. The molecule has 0 fully saturated rings. The molecule has 0 spiro atoms. The first-order chi connectivity index (χ1) is 9.13. The van der Waals surface area contributed by atoms with E-state index >= 15 is 0 Å². The van der Waals surface area contributed by atoms with Crippen LogP contribution in [0.3, 0.4) is 0 Å². The Bertz CT molecular complexity index is 417. The number of carboxylic acids is 1. The Morgan fingerprint density at radius 2 is 1.95 bits per heavy atom. The summed E-state index contributed by atoms with van der Waals surface area (Å²) in [4.78, 5) is 22.1. The largest absolute Gasteiger partial charge is 0.481 e. The summed E-state index contributed by atoms with van der Waals surface area (Å²) in [6.07, 6.45) is 2.11. The third-order valence-corrected chi connectivity index (χ3v) is 3.46. The summed E-state index contributed by atoms with van der Waals surface area (Å²) in [7, 11) is 0. The van der Waals surface area contributed by atoms with Crippen molar-refractivity contribution in [1.29, 1.82) is 0 Å². The van der Waals surface area contributed by atoms with E-state index in [0.29, 0.717) is 17.9 Å². The second-order valence-electron chi connectivity index (χ2n) is 4.15. The Morgan fingerprint density at radius 3 is 2.53 bits per heavy atom. The number of aryl methyl sites for hydroxylation is 1. The van der Waals surface area contributed by atoms with Gasteiger partial charge in [-0.1, -0.05) is 25.5 Å². The van der Waals surface area contributed by atoms with E-state index in [-0.39, 0.29) is 11.7 Å². The standard InChI is InChI=1S/C14H19NO3S/c1-2-3-11-4-6-12(7-5-11)14(18)15-8-9-19-10-13(16)17/h4-7H,2-3,8-10H2,1H3,(H,15,18)(H,16,17). The van der Waals surface area contributed by atoms with E-state index < -0.39 is 5.97 Å². The lowest BCUT2D eigenvalue weighted by atomic mass is 10.1. The van der Waals surface area contributed by atoms with E-state index in [2.05, 4.69) is 12.2 Å². The molecule has 1 aromatic rings. The third-order valence-electron chi connectivity index (χ3n) is 2.51. The Kier molecular flexibility index (Phi) is 7.03. The highest BCUT2D eigenvalue weighted by atomic mass is 32.2. The molecule has 0 aliphatic rings. The maximum absolute atomic E-state index is 11.8. The van der Waals surface area contributed by atoms with Crippen molar-refractivity contribution < 1.29 is 14.7 Å². The number of benzene rings is 1. The molecule has 0 radical (unpaired) electrons. The van der Waals surface area contributed by atoms with Crippen molar-refractivity contribution >= 4 is 23.6 Å². The molecule has 5 heteroatoms. The fraction of sp³-hybridized carbons (Fsp3) is 0.429. The van der Waals surface area contributed by atoms with Crippen LogP contribution in [-0.4, -0.2) is 35.0 Å². The van der Waals surface area contributed by atoms with Gasteiger partial charge in [0.05, 0.1) is 5.75 Å². The molecule has 4 nitrogen and oxygen atoms in total. The van der Waals surface area contributed by atoms with Gasteiger partial charge in [0, 0.05) is 17.9 Å². The molecule has 0 aliphatic carbocycles. The summed E-state index contributed by atoms with van der Waals surface area (Å²) in [6, 6.07) is 7.59. The maximum Gasteiger partial charge on any atom is 0.313 e. The fourth-order valence-corrected chi connectivity index (χ4v) is 2.18. The number of hydrogen-bond donors (Lipinski definition) is 2. The minimum Gasteiger partial charge on any atom is -0.481 e. The van der Waals surface area contributed by atoms with Crippen molar-refractivity contribution in [2.45, 2.75) is 19.8 Å². The second-order valence-corrected chi connectivity index (χ2v) is 5.25. The molecule has 0 aliphatic heterocycles. The number of rotatable bonds is 8. The predicted octanol–water partition coefficient (Wildman–Crippen LogP) is 2.19. The molecule has 1 aromatic carbocycles. The van der Waals surface area contributed by atoms with Crippen LogP contribution in [0.5, 0.6) is 0 Å². The van der Waals surface area contributed by atoms with Crippen LogP contribution in [0, 0.1) is 0 Å². The van der Waals surface area contributed by atoms with E-state index in [4.69, 9.17) is 5.11 Å². The number of hydrogen-bond acceptors (Lipinski definition) is 3. The number of carbonyl (C=O) groups is 2. The predicted molar refractivity (Wildman–Crippen MR) is 77.7 cm³/mol. The lowest BCUT2D eigenvalue weighted by molar-refractivity contribution is -0.133. The van der Waals surface area contributed by atoms with Crippen LogP contribution in [0.1, 0.15) is 29.3 Å². The smallest absolute Gasteiger partial charge is 0.313 e. The van der Waals surface area contributed by atoms with E-state index in [1.54, 1.807) is 0 Å². The van der Waals surface area contributed by atoms with Gasteiger partial charge in [-0.3, -0.25) is 9.59 Å². The van der Waals surface area contributed by atoms with Crippen LogP contribution in [-0.2, 0) is 11.2 Å². The quantitative estimate of drug-likeness (QED) is 0.717. The van der Waals surface area contributed by atoms with Gasteiger partial charge in [0.1, 0.15) is 0 Å². The topological polar surface area (TPSA) is 66.4 Å². The normalized spacial score (nSPS) is 10.2. The number of carboxylic acid groups (broad SMARTS) is 1. The highest BCUT2D eigenvalue weighted by molar-refractivity contribution is 7.99. The van der Waals surface area contributed by atoms with E-state index in [0.717, 1.165) is 12.8 Å². The number of nitrogens with one attached hydrogen (secondary N) is 1. The Hall–Kier alpha value is -1.49. The average Bonchev–Trinajstić information content (AvgIpc) is 2.39. The van der Waals surface area contributed by atoms with Gasteiger partial charge in [0.25, 0.3) is 5.91 Å². The van der Waals surface area contributed by atoms with E-state index in [1.807, 2.05) is 24.3 Å². The number of amides is 1. The number of carbonyl (C=O) groups excluding carboxylic acids is 1. The first-order valence-electron chi connectivity index (χ1n) is 6.30. The van der Waals surface area contributed by atoms with Crippen LogP contribution in [0.25, 0.3) is 0 Å². The molecule has 104 valence electrons. The van der Waals surface area contributed by atoms with Gasteiger partial charge in [-0.25, -0.2) is 0 Å². The zero-order valence-electron chi connectivity index (χ0n) is 11.0. The fourth-order valence-electron chi connectivity index (χ4n) is 1.61. The molecule has 0 aromatic heterocycles. The SMILES string of the molecule is CCCc1ccc(C(=O)NCCSCC(=O)O)cc1. The minimum atomic E-state index is -0.831. The lowest BCUT2D eigenvalue weighted by Gasteiger charge is -2.05. The van der Waals surface area contributed by atoms with Gasteiger partial charge in [-0.05, 0) is 24.1 Å². The first-order valence-corrected chi connectivity index (χ1v) is 7.45. The van der Waals surface area contributed by atoms with Crippen molar-refractivity contribution in [3.8, 4) is 0 Å². The van der Waals surface area contributed by atoms with Crippen molar-refractivity contribution in [2.24, 2.45) is 0 Å². The van der Waals surface area contributed by atoms with Crippen LogP contribution < -0.4 is 5.32 Å². The summed E-state index contributed by atoms with van der Waals surface area (Å²) in [5.41, 5.74) is 1.87. The van der Waals surface area contributed by atoms with Gasteiger partial charge in [-0.15, -0.1) is 11.8 Å². The summed E-state index contributed by atoms with van der Waals surface area (Å²) in [5.74, 6) is -0.269. The lowest BCUT2D eigenvalue weighted by Crippen LogP contribution is -2.25. The molecule has 1 rings (SSSR count). The molecule has 0 bridgehead atoms. The van der Waals surface area contributed by atoms with Gasteiger partial charge in [0.2, 0.25) is 0 Å². The van der Waals surface area contributed by atoms with Crippen molar-refractivity contribution in [1.82, 2.24) is 5.32 Å². The average molecular weight is 281 g/mol. The van der Waals surface area contributed by atoms with Crippen molar-refractivity contribution in [3.63, 3.8) is 0 Å². The van der Waals surface area contributed by atoms with Crippen LogP contribution in [0.15, 0.2) is 24.3 Å². The minimum absolute atomic E-state index is 0.0710. The zero-order valence-corrected chi connectivity index (χ0v) is 11.8. The number of aliphatic carboxylic acids is 1. The summed E-state index contributed by atoms with van der Waals surface area (Å²) < 4.78 is 0. The van der Waals surface area contributed by atoms with Crippen LogP contribution in [0.4, 0.5) is 0 Å². The summed E-state index contributed by atoms with van der Waals surface area (Å²) in [6.45, 7) is 2.60. The third kappa shape index (κ3) is 6.29. The van der Waals surface area contributed by atoms with Gasteiger partial charge in [-0.2, -0.15) is 0 Å². The van der Waals surface area contributed by atoms with Crippen molar-refractivity contribution in [3.05, 3.63) is 35.4 Å². The first kappa shape index (κ1) is 15.6. The summed E-state index contributed by atoms with van der Waals surface area (Å²) >= 11 is 1.29. The van der Waals surface area contributed by atoms with Crippen LogP contribution in [0.2, 0.25) is 0 Å². The highest BCUT2D eigenvalue weighted by Gasteiger charge is 2.04.